The summed E-state index contributed by atoms with van der Waals surface area (Å²) >= 11 is 0. The molecule has 1 aromatic rings. The molecule has 6 nitrogen and oxygen atoms in total. The van der Waals surface area contributed by atoms with E-state index in [4.69, 9.17) is 0 Å². The third-order valence-electron chi connectivity index (χ3n) is 4.66. The maximum atomic E-state index is 12.7. The van der Waals surface area contributed by atoms with Gasteiger partial charge < -0.3 is 10.1 Å². The quantitative estimate of drug-likeness (QED) is 0.721. The van der Waals surface area contributed by atoms with Crippen LogP contribution in [-0.2, 0) is 14.8 Å². The second-order valence-electron chi connectivity index (χ2n) is 6.91. The van der Waals surface area contributed by atoms with E-state index in [1.54, 1.807) is 0 Å². The van der Waals surface area contributed by atoms with Crippen LogP contribution in [0.25, 0.3) is 0 Å². The molecule has 28 heavy (non-hydrogen) atoms. The van der Waals surface area contributed by atoms with Crippen molar-refractivity contribution in [1.29, 1.82) is 0 Å². The third-order valence-corrected chi connectivity index (χ3v) is 6.57. The van der Waals surface area contributed by atoms with Crippen LogP contribution in [0, 0.1) is 5.92 Å². The molecule has 10 heteroatoms. The van der Waals surface area contributed by atoms with E-state index >= 15 is 0 Å². The van der Waals surface area contributed by atoms with Gasteiger partial charge in [0.15, 0.2) is 0 Å². The molecule has 1 N–H and O–H groups in total. The molecule has 0 bridgehead atoms. The van der Waals surface area contributed by atoms with Gasteiger partial charge >= 0.3 is 6.36 Å². The minimum Gasteiger partial charge on any atom is -0.406 e. The molecule has 1 aliphatic heterocycles. The first-order valence-corrected chi connectivity index (χ1v) is 10.4. The number of carbonyl (C=O) groups is 1. The van der Waals surface area contributed by atoms with Gasteiger partial charge in [-0.15, -0.1) is 13.2 Å². The normalized spacial score (nSPS) is 18.6. The Morgan fingerprint density at radius 1 is 1.18 bits per heavy atom. The number of benzene rings is 1. The van der Waals surface area contributed by atoms with Crippen LogP contribution in [0.2, 0.25) is 0 Å². The molecule has 154 valence electrons. The number of ether oxygens (including phenoxy) is 1. The fourth-order valence-corrected chi connectivity index (χ4v) is 4.37. The van der Waals surface area contributed by atoms with Crippen molar-refractivity contribution < 1.29 is 31.1 Å². The number of amides is 1. The van der Waals surface area contributed by atoms with E-state index in [0.29, 0.717) is 25.3 Å². The van der Waals surface area contributed by atoms with Crippen molar-refractivity contribution in [3.63, 3.8) is 0 Å². The van der Waals surface area contributed by atoms with Gasteiger partial charge in [0.25, 0.3) is 0 Å². The zero-order chi connectivity index (χ0) is 20.4. The highest BCUT2D eigenvalue weighted by molar-refractivity contribution is 7.89. The molecular formula is C18H21F3N2O4S. The predicted molar refractivity (Wildman–Crippen MR) is 94.9 cm³/mol. The average Bonchev–Trinajstić information content (AvgIpc) is 3.44. The number of piperidine rings is 1. The van der Waals surface area contributed by atoms with Crippen molar-refractivity contribution in [2.45, 2.75) is 36.9 Å². The number of hydrogen-bond donors (Lipinski definition) is 1. The van der Waals surface area contributed by atoms with Crippen LogP contribution >= 0.6 is 0 Å². The first-order valence-electron chi connectivity index (χ1n) is 8.97. The lowest BCUT2D eigenvalue weighted by atomic mass is 10.1. The van der Waals surface area contributed by atoms with Gasteiger partial charge in [0.1, 0.15) is 5.75 Å². The number of carbonyl (C=O) groups excluding carboxylic acids is 1. The molecule has 1 heterocycles. The molecular weight excluding hydrogens is 397 g/mol. The molecule has 1 saturated carbocycles. The Hall–Kier alpha value is -2.07. The Balaban J connectivity index is 1.57. The van der Waals surface area contributed by atoms with Gasteiger partial charge in [-0.3, -0.25) is 4.79 Å². The van der Waals surface area contributed by atoms with Crippen LogP contribution in [-0.4, -0.2) is 44.6 Å². The van der Waals surface area contributed by atoms with Gasteiger partial charge in [0.05, 0.1) is 4.90 Å². The fraction of sp³-hybridized carbons (Fsp3) is 0.500. The Labute approximate surface area is 161 Å². The second-order valence-corrected chi connectivity index (χ2v) is 8.85. The van der Waals surface area contributed by atoms with Crippen molar-refractivity contribution in [2.24, 2.45) is 5.92 Å². The molecule has 0 unspecified atom stereocenters. The van der Waals surface area contributed by atoms with Crippen LogP contribution < -0.4 is 10.1 Å². The zero-order valence-corrected chi connectivity index (χ0v) is 15.9. The third kappa shape index (κ3) is 5.71. The summed E-state index contributed by atoms with van der Waals surface area (Å²) in [5.41, 5.74) is 0.883. The molecule has 0 atom stereocenters. The number of hydrogen-bond acceptors (Lipinski definition) is 4. The maximum absolute atomic E-state index is 12.7. The highest BCUT2D eigenvalue weighted by atomic mass is 32.2. The molecule has 0 radical (unpaired) electrons. The van der Waals surface area contributed by atoms with E-state index in [0.717, 1.165) is 42.7 Å². The first-order chi connectivity index (χ1) is 13.1. The summed E-state index contributed by atoms with van der Waals surface area (Å²) in [5, 5.41) is 2.84. The number of alkyl halides is 3. The van der Waals surface area contributed by atoms with Gasteiger partial charge in [-0.2, -0.15) is 4.31 Å². The highest BCUT2D eigenvalue weighted by Crippen LogP contribution is 2.28. The largest absolute Gasteiger partial charge is 0.573 e. The van der Waals surface area contributed by atoms with E-state index in [2.05, 4.69) is 10.1 Å². The minimum atomic E-state index is -4.83. The summed E-state index contributed by atoms with van der Waals surface area (Å²) < 4.78 is 66.9. The SMILES string of the molecule is O=C(C=C1CCN(S(=O)(=O)c2ccc(OC(F)(F)F)cc2)CC1)NCC1CC1. The summed E-state index contributed by atoms with van der Waals surface area (Å²) in [6.45, 7) is 1.10. The smallest absolute Gasteiger partial charge is 0.406 e. The van der Waals surface area contributed by atoms with Crippen LogP contribution in [0.3, 0.4) is 0 Å². The van der Waals surface area contributed by atoms with Gasteiger partial charge in [-0.05, 0) is 55.9 Å². The summed E-state index contributed by atoms with van der Waals surface area (Å²) in [6, 6.07) is 4.12. The van der Waals surface area contributed by atoms with Gasteiger partial charge in [-0.25, -0.2) is 8.42 Å². The number of nitrogens with one attached hydrogen (secondary N) is 1. The Kier molecular flexibility index (Phi) is 5.99. The number of rotatable bonds is 6. The zero-order valence-electron chi connectivity index (χ0n) is 15.0. The van der Waals surface area contributed by atoms with E-state index in [9.17, 15) is 26.4 Å². The molecule has 1 amide bonds. The van der Waals surface area contributed by atoms with Crippen LogP contribution in [0.1, 0.15) is 25.7 Å². The molecule has 3 rings (SSSR count). The lowest BCUT2D eigenvalue weighted by molar-refractivity contribution is -0.274. The van der Waals surface area contributed by atoms with Crippen molar-refractivity contribution in [3.8, 4) is 5.75 Å². The molecule has 1 saturated heterocycles. The maximum Gasteiger partial charge on any atom is 0.573 e. The van der Waals surface area contributed by atoms with E-state index in [1.165, 1.54) is 10.4 Å². The molecule has 1 aromatic carbocycles. The highest BCUT2D eigenvalue weighted by Gasteiger charge is 2.32. The molecule has 2 aliphatic rings. The summed E-state index contributed by atoms with van der Waals surface area (Å²) in [5.74, 6) is -0.0479. The Bertz CT molecular complexity index is 837. The van der Waals surface area contributed by atoms with E-state index in [-0.39, 0.29) is 23.9 Å². The van der Waals surface area contributed by atoms with Crippen molar-refractivity contribution in [2.75, 3.05) is 19.6 Å². The van der Waals surface area contributed by atoms with Gasteiger partial charge in [0.2, 0.25) is 15.9 Å². The number of halogens is 3. The summed E-state index contributed by atoms with van der Waals surface area (Å²) in [7, 11) is -3.82. The van der Waals surface area contributed by atoms with Gasteiger partial charge in [-0.1, -0.05) is 5.57 Å². The van der Waals surface area contributed by atoms with Crippen molar-refractivity contribution in [1.82, 2.24) is 9.62 Å². The fourth-order valence-electron chi connectivity index (χ4n) is 2.92. The first kappa shape index (κ1) is 20.7. The summed E-state index contributed by atoms with van der Waals surface area (Å²) in [4.78, 5) is 11.8. The lowest BCUT2D eigenvalue weighted by Gasteiger charge is -2.27. The van der Waals surface area contributed by atoms with Crippen LogP contribution in [0.15, 0.2) is 40.8 Å². The number of nitrogens with zero attached hydrogens (tertiary/aromatic N) is 1. The minimum absolute atomic E-state index is 0.100. The average molecular weight is 418 g/mol. The standard InChI is InChI=1S/C18H21F3N2O4S/c19-18(20,21)27-15-3-5-16(6-4-15)28(25,26)23-9-7-13(8-10-23)11-17(24)22-12-14-1-2-14/h3-6,11,14H,1-2,7-10,12H2,(H,22,24). The topological polar surface area (TPSA) is 75.7 Å². The molecule has 0 spiro atoms. The van der Waals surface area contributed by atoms with E-state index in [1.807, 2.05) is 0 Å². The van der Waals surface area contributed by atoms with Gasteiger partial charge in [0, 0.05) is 25.7 Å². The van der Waals surface area contributed by atoms with Crippen LogP contribution in [0.4, 0.5) is 13.2 Å². The van der Waals surface area contributed by atoms with E-state index < -0.39 is 22.1 Å². The monoisotopic (exact) mass is 418 g/mol. The molecule has 0 aromatic heterocycles. The van der Waals surface area contributed by atoms with Crippen molar-refractivity contribution >= 4 is 15.9 Å². The summed E-state index contributed by atoms with van der Waals surface area (Å²) in [6.07, 6.45) is -0.132. The molecule has 1 aliphatic carbocycles. The van der Waals surface area contributed by atoms with Crippen LogP contribution in [0.5, 0.6) is 5.75 Å². The second kappa shape index (κ2) is 8.12. The molecule has 2 fully saturated rings. The predicted octanol–water partition coefficient (Wildman–Crippen LogP) is 2.82. The Morgan fingerprint density at radius 2 is 1.79 bits per heavy atom. The lowest BCUT2D eigenvalue weighted by Crippen LogP contribution is -2.36. The number of sulfonamides is 1. The Morgan fingerprint density at radius 3 is 2.32 bits per heavy atom. The van der Waals surface area contributed by atoms with Crippen molar-refractivity contribution in [3.05, 3.63) is 35.9 Å².